The molecule has 1 N–H and O–H groups in total. The average molecular weight is 246 g/mol. The van der Waals surface area contributed by atoms with E-state index in [0.29, 0.717) is 23.5 Å². The number of aromatic nitrogens is 5. The number of nitrogens with zero attached hydrogens (tertiary/aromatic N) is 5. The maximum atomic E-state index is 5.26. The van der Waals surface area contributed by atoms with Crippen molar-refractivity contribution in [3.63, 3.8) is 0 Å². The van der Waals surface area contributed by atoms with E-state index in [9.17, 15) is 0 Å². The summed E-state index contributed by atoms with van der Waals surface area (Å²) in [6.45, 7) is 1.89. The van der Waals surface area contributed by atoms with Crippen LogP contribution in [0.5, 0.6) is 0 Å². The summed E-state index contributed by atoms with van der Waals surface area (Å²) >= 11 is 0. The second-order valence-electron chi connectivity index (χ2n) is 4.98. The molecule has 0 spiro atoms. The van der Waals surface area contributed by atoms with E-state index in [2.05, 4.69) is 25.8 Å². The minimum absolute atomic E-state index is 0.403. The summed E-state index contributed by atoms with van der Waals surface area (Å²) in [4.78, 5) is 4.41. The van der Waals surface area contributed by atoms with E-state index in [1.807, 2.05) is 10.9 Å². The molecule has 0 unspecified atom stereocenters. The summed E-state index contributed by atoms with van der Waals surface area (Å²) in [5, 5.41) is 15.4. The van der Waals surface area contributed by atoms with Crippen molar-refractivity contribution < 1.29 is 4.52 Å². The molecule has 0 amide bonds. The molecule has 7 nitrogen and oxygen atoms in total. The zero-order chi connectivity index (χ0) is 11.9. The van der Waals surface area contributed by atoms with Crippen molar-refractivity contribution in [2.45, 2.75) is 31.2 Å². The van der Waals surface area contributed by atoms with Gasteiger partial charge in [0.25, 0.3) is 5.89 Å². The standard InChI is InChI=1S/C11H14N6O/c1-2-7(3-1)10-13-11(18-15-10)9-6-17(16-14-9)8-4-12-5-8/h6-8,12H,1-5H2. The van der Waals surface area contributed by atoms with Gasteiger partial charge in [0.2, 0.25) is 0 Å². The molecule has 94 valence electrons. The fourth-order valence-electron chi connectivity index (χ4n) is 2.18. The molecular formula is C11H14N6O. The zero-order valence-electron chi connectivity index (χ0n) is 9.91. The number of hydrogen-bond donors (Lipinski definition) is 1. The minimum atomic E-state index is 0.403. The summed E-state index contributed by atoms with van der Waals surface area (Å²) < 4.78 is 7.12. The van der Waals surface area contributed by atoms with E-state index in [4.69, 9.17) is 4.52 Å². The molecule has 0 aromatic carbocycles. The monoisotopic (exact) mass is 246 g/mol. The molecule has 2 aliphatic rings. The molecule has 1 aliphatic carbocycles. The van der Waals surface area contributed by atoms with Crippen molar-refractivity contribution >= 4 is 0 Å². The Bertz CT molecular complexity index is 503. The van der Waals surface area contributed by atoms with Crippen molar-refractivity contribution in [3.8, 4) is 11.6 Å². The van der Waals surface area contributed by atoms with Crippen LogP contribution in [0.3, 0.4) is 0 Å². The lowest BCUT2D eigenvalue weighted by Crippen LogP contribution is -2.43. The molecule has 4 rings (SSSR count). The zero-order valence-corrected chi connectivity index (χ0v) is 9.91. The predicted octanol–water partition coefficient (Wildman–Crippen LogP) is 0.740. The fraction of sp³-hybridized carbons (Fsp3) is 0.636. The SMILES string of the molecule is c1c(-c2nc(C3CCC3)no2)nnn1C1CNC1. The molecule has 3 heterocycles. The van der Waals surface area contributed by atoms with Crippen LogP contribution in [0.4, 0.5) is 0 Å². The Morgan fingerprint density at radius 2 is 2.22 bits per heavy atom. The summed E-state index contributed by atoms with van der Waals surface area (Å²) in [5.41, 5.74) is 0.667. The highest BCUT2D eigenvalue weighted by Crippen LogP contribution is 2.35. The Morgan fingerprint density at radius 3 is 2.89 bits per heavy atom. The lowest BCUT2D eigenvalue weighted by molar-refractivity contribution is 0.313. The molecule has 1 saturated carbocycles. The van der Waals surface area contributed by atoms with Crippen LogP contribution in [0.1, 0.15) is 37.0 Å². The summed E-state index contributed by atoms with van der Waals surface area (Å²) in [6.07, 6.45) is 5.47. The first-order chi connectivity index (χ1) is 8.90. The van der Waals surface area contributed by atoms with Crippen LogP contribution < -0.4 is 5.32 Å². The first-order valence-electron chi connectivity index (χ1n) is 6.36. The van der Waals surface area contributed by atoms with Gasteiger partial charge in [-0.05, 0) is 12.8 Å². The minimum Gasteiger partial charge on any atom is -0.332 e. The van der Waals surface area contributed by atoms with Gasteiger partial charge >= 0.3 is 0 Å². The Balaban J connectivity index is 1.57. The summed E-state index contributed by atoms with van der Waals surface area (Å²) in [6, 6.07) is 0.403. The van der Waals surface area contributed by atoms with E-state index < -0.39 is 0 Å². The normalized spacial score (nSPS) is 20.7. The Labute approximate surface area is 104 Å². The van der Waals surface area contributed by atoms with Gasteiger partial charge in [0, 0.05) is 19.0 Å². The summed E-state index contributed by atoms with van der Waals surface area (Å²) in [5.74, 6) is 1.78. The van der Waals surface area contributed by atoms with E-state index >= 15 is 0 Å². The quantitative estimate of drug-likeness (QED) is 0.860. The van der Waals surface area contributed by atoms with Crippen LogP contribution >= 0.6 is 0 Å². The van der Waals surface area contributed by atoms with Crippen LogP contribution in [-0.2, 0) is 0 Å². The smallest absolute Gasteiger partial charge is 0.280 e. The molecule has 0 radical (unpaired) electrons. The van der Waals surface area contributed by atoms with Crippen LogP contribution in [0, 0.1) is 0 Å². The van der Waals surface area contributed by atoms with Crippen molar-refractivity contribution in [3.05, 3.63) is 12.0 Å². The van der Waals surface area contributed by atoms with Gasteiger partial charge in [-0.3, -0.25) is 0 Å². The van der Waals surface area contributed by atoms with Crippen molar-refractivity contribution in [2.24, 2.45) is 0 Å². The maximum absolute atomic E-state index is 5.26. The van der Waals surface area contributed by atoms with Gasteiger partial charge in [0.15, 0.2) is 11.5 Å². The number of rotatable bonds is 3. The van der Waals surface area contributed by atoms with Crippen LogP contribution in [0.2, 0.25) is 0 Å². The van der Waals surface area contributed by atoms with Crippen LogP contribution in [0.25, 0.3) is 11.6 Å². The third-order valence-electron chi connectivity index (χ3n) is 3.78. The molecule has 0 atom stereocenters. The van der Waals surface area contributed by atoms with Crippen LogP contribution in [0.15, 0.2) is 10.7 Å². The van der Waals surface area contributed by atoms with Gasteiger partial charge in [-0.2, -0.15) is 4.98 Å². The Hall–Kier alpha value is -1.76. The molecule has 7 heteroatoms. The first kappa shape index (κ1) is 10.2. The predicted molar refractivity (Wildman–Crippen MR) is 61.8 cm³/mol. The van der Waals surface area contributed by atoms with Gasteiger partial charge in [-0.25, -0.2) is 4.68 Å². The molecular weight excluding hydrogens is 232 g/mol. The highest BCUT2D eigenvalue weighted by atomic mass is 16.5. The van der Waals surface area contributed by atoms with Gasteiger partial charge < -0.3 is 9.84 Å². The topological polar surface area (TPSA) is 81.7 Å². The average Bonchev–Trinajstić information content (AvgIpc) is 2.81. The second kappa shape index (κ2) is 3.88. The lowest BCUT2D eigenvalue weighted by atomic mass is 9.85. The summed E-state index contributed by atoms with van der Waals surface area (Å²) in [7, 11) is 0. The molecule has 1 aliphatic heterocycles. The van der Waals surface area contributed by atoms with Gasteiger partial charge in [0.05, 0.1) is 12.2 Å². The molecule has 2 aromatic rings. The molecule has 1 saturated heterocycles. The fourth-order valence-corrected chi connectivity index (χ4v) is 2.18. The Kier molecular flexibility index (Phi) is 2.19. The third-order valence-corrected chi connectivity index (χ3v) is 3.78. The van der Waals surface area contributed by atoms with Crippen molar-refractivity contribution in [1.82, 2.24) is 30.5 Å². The van der Waals surface area contributed by atoms with E-state index in [0.717, 1.165) is 18.9 Å². The van der Waals surface area contributed by atoms with Crippen molar-refractivity contribution in [2.75, 3.05) is 13.1 Å². The molecule has 0 bridgehead atoms. The number of nitrogens with one attached hydrogen (secondary N) is 1. The van der Waals surface area contributed by atoms with E-state index in [1.165, 1.54) is 19.3 Å². The van der Waals surface area contributed by atoms with E-state index in [1.54, 1.807) is 0 Å². The third kappa shape index (κ3) is 1.54. The highest BCUT2D eigenvalue weighted by Gasteiger charge is 2.26. The molecule has 18 heavy (non-hydrogen) atoms. The van der Waals surface area contributed by atoms with Gasteiger partial charge in [-0.15, -0.1) is 5.10 Å². The largest absolute Gasteiger partial charge is 0.332 e. The van der Waals surface area contributed by atoms with Gasteiger partial charge in [0.1, 0.15) is 0 Å². The number of hydrogen-bond acceptors (Lipinski definition) is 6. The first-order valence-corrected chi connectivity index (χ1v) is 6.36. The molecule has 2 fully saturated rings. The molecule has 2 aromatic heterocycles. The van der Waals surface area contributed by atoms with Crippen molar-refractivity contribution in [1.29, 1.82) is 0 Å². The lowest BCUT2D eigenvalue weighted by Gasteiger charge is -2.26. The maximum Gasteiger partial charge on any atom is 0.280 e. The second-order valence-corrected chi connectivity index (χ2v) is 4.98. The van der Waals surface area contributed by atoms with Gasteiger partial charge in [-0.1, -0.05) is 16.8 Å². The van der Waals surface area contributed by atoms with Crippen LogP contribution in [-0.4, -0.2) is 38.2 Å². The van der Waals surface area contributed by atoms with E-state index in [-0.39, 0.29) is 0 Å². The Morgan fingerprint density at radius 1 is 1.33 bits per heavy atom. The highest BCUT2D eigenvalue weighted by molar-refractivity contribution is 5.43.